The van der Waals surface area contributed by atoms with E-state index in [1.807, 2.05) is 24.3 Å². The van der Waals surface area contributed by atoms with Crippen molar-refractivity contribution in [2.75, 3.05) is 30.8 Å². The monoisotopic (exact) mass is 530 g/mol. The molecule has 2 aromatic heterocycles. The molecule has 5 rings (SSSR count). The number of nitrogens with one attached hydrogen (secondary N) is 2. The lowest BCUT2D eigenvalue weighted by atomic mass is 10.1. The number of aromatic nitrogens is 3. The van der Waals surface area contributed by atoms with Crippen LogP contribution in [0.25, 0.3) is 10.9 Å². The van der Waals surface area contributed by atoms with Gasteiger partial charge >= 0.3 is 0 Å². The van der Waals surface area contributed by atoms with Crippen LogP contribution in [0.2, 0.25) is 5.02 Å². The first kappa shape index (κ1) is 25.4. The van der Waals surface area contributed by atoms with Crippen LogP contribution in [-0.4, -0.2) is 52.0 Å². The van der Waals surface area contributed by atoms with Crippen molar-refractivity contribution in [2.24, 2.45) is 0 Å². The molecule has 0 aliphatic carbocycles. The summed E-state index contributed by atoms with van der Waals surface area (Å²) in [5.74, 6) is 1.29. The fourth-order valence-corrected chi connectivity index (χ4v) is 4.25. The van der Waals surface area contributed by atoms with Gasteiger partial charge in [0.05, 0.1) is 21.9 Å². The SMILES string of the molecule is C=CC(=O)Nc1cc2c(Nc3ccc(OCc4ccccn4)c(Cl)c3)ncnc2cc1OCC1CCN1C. The van der Waals surface area contributed by atoms with Crippen LogP contribution >= 0.6 is 11.6 Å². The number of fused-ring (bicyclic) bond motifs is 1. The van der Waals surface area contributed by atoms with Crippen molar-refractivity contribution in [2.45, 2.75) is 19.1 Å². The third kappa shape index (κ3) is 5.85. The first-order valence-electron chi connectivity index (χ1n) is 12.1. The molecule has 4 aromatic rings. The average Bonchev–Trinajstić information content (AvgIpc) is 2.92. The summed E-state index contributed by atoms with van der Waals surface area (Å²) < 4.78 is 11.9. The molecule has 10 heteroatoms. The van der Waals surface area contributed by atoms with Gasteiger partial charge < -0.3 is 20.1 Å². The Labute approximate surface area is 225 Å². The van der Waals surface area contributed by atoms with Gasteiger partial charge in [-0.2, -0.15) is 0 Å². The minimum Gasteiger partial charge on any atom is -0.490 e. The zero-order chi connectivity index (χ0) is 26.5. The van der Waals surface area contributed by atoms with E-state index in [4.69, 9.17) is 21.1 Å². The summed E-state index contributed by atoms with van der Waals surface area (Å²) in [6.45, 7) is 5.43. The lowest BCUT2D eigenvalue weighted by Gasteiger charge is -2.37. The van der Waals surface area contributed by atoms with E-state index in [-0.39, 0.29) is 5.91 Å². The predicted octanol–water partition coefficient (Wildman–Crippen LogP) is 5.21. The van der Waals surface area contributed by atoms with Gasteiger partial charge in [-0.25, -0.2) is 9.97 Å². The Kier molecular flexibility index (Phi) is 7.67. The van der Waals surface area contributed by atoms with Gasteiger partial charge in [-0.3, -0.25) is 14.7 Å². The first-order valence-corrected chi connectivity index (χ1v) is 12.5. The number of amides is 1. The normalized spacial score (nSPS) is 14.9. The third-order valence-corrected chi connectivity index (χ3v) is 6.64. The van der Waals surface area contributed by atoms with Gasteiger partial charge in [-0.05, 0) is 62.5 Å². The Bertz CT molecular complexity index is 1470. The molecule has 1 amide bonds. The van der Waals surface area contributed by atoms with Crippen molar-refractivity contribution < 1.29 is 14.3 Å². The molecule has 1 saturated heterocycles. The van der Waals surface area contributed by atoms with Gasteiger partial charge in [0.2, 0.25) is 5.91 Å². The largest absolute Gasteiger partial charge is 0.490 e. The highest BCUT2D eigenvalue weighted by molar-refractivity contribution is 6.32. The van der Waals surface area contributed by atoms with Crippen molar-refractivity contribution in [1.29, 1.82) is 0 Å². The molecular formula is C28H27ClN6O3. The minimum atomic E-state index is -0.339. The number of halogens is 1. The van der Waals surface area contributed by atoms with E-state index in [0.29, 0.717) is 63.9 Å². The summed E-state index contributed by atoms with van der Waals surface area (Å²) in [6, 6.07) is 15.0. The second-order valence-corrected chi connectivity index (χ2v) is 9.30. The van der Waals surface area contributed by atoms with E-state index in [1.54, 1.807) is 30.5 Å². The summed E-state index contributed by atoms with van der Waals surface area (Å²) in [4.78, 5) is 27.5. The van der Waals surface area contributed by atoms with Crippen LogP contribution in [0.15, 0.2) is 73.7 Å². The fraction of sp³-hybridized carbons (Fsp3) is 0.214. The Morgan fingerprint density at radius 1 is 1.16 bits per heavy atom. The number of ether oxygens (including phenoxy) is 2. The molecule has 0 saturated carbocycles. The third-order valence-electron chi connectivity index (χ3n) is 6.35. The fourth-order valence-electron chi connectivity index (χ4n) is 4.02. The highest BCUT2D eigenvalue weighted by Gasteiger charge is 2.25. The number of rotatable bonds is 10. The van der Waals surface area contributed by atoms with Crippen LogP contribution in [0.4, 0.5) is 17.2 Å². The summed E-state index contributed by atoms with van der Waals surface area (Å²) in [7, 11) is 2.06. The van der Waals surface area contributed by atoms with Gasteiger partial charge in [0.15, 0.2) is 0 Å². The van der Waals surface area contributed by atoms with Crippen molar-refractivity contribution in [1.82, 2.24) is 19.9 Å². The summed E-state index contributed by atoms with van der Waals surface area (Å²) in [5, 5.41) is 7.27. The van der Waals surface area contributed by atoms with E-state index in [2.05, 4.69) is 44.1 Å². The number of pyridine rings is 1. The number of hydrogen-bond acceptors (Lipinski definition) is 8. The van der Waals surface area contributed by atoms with Gasteiger partial charge in [-0.1, -0.05) is 24.2 Å². The maximum Gasteiger partial charge on any atom is 0.247 e. The lowest BCUT2D eigenvalue weighted by molar-refractivity contribution is -0.111. The number of anilines is 3. The molecule has 194 valence electrons. The average molecular weight is 531 g/mol. The molecule has 2 N–H and O–H groups in total. The first-order chi connectivity index (χ1) is 18.5. The molecule has 0 bridgehead atoms. The zero-order valence-corrected chi connectivity index (χ0v) is 21.6. The van der Waals surface area contributed by atoms with Crippen molar-refractivity contribution in [3.8, 4) is 11.5 Å². The number of nitrogens with zero attached hydrogens (tertiary/aromatic N) is 4. The summed E-state index contributed by atoms with van der Waals surface area (Å²) in [6.07, 6.45) is 5.48. The number of carbonyl (C=O) groups is 1. The number of carbonyl (C=O) groups excluding carboxylic acids is 1. The standard InChI is InChI=1S/C28H27ClN6O3/c1-3-27(36)34-24-13-21-23(14-26(24)38-16-20-9-11-35(20)2)31-17-32-28(21)33-18-7-8-25(22(29)12-18)37-15-19-6-4-5-10-30-19/h3-8,10,12-14,17,20H,1,9,11,15-16H2,2H3,(H,34,36)(H,31,32,33). The van der Waals surface area contributed by atoms with E-state index < -0.39 is 0 Å². The van der Waals surface area contributed by atoms with Crippen LogP contribution in [0.5, 0.6) is 11.5 Å². The van der Waals surface area contributed by atoms with Crippen LogP contribution < -0.4 is 20.1 Å². The van der Waals surface area contributed by atoms with Crippen molar-refractivity contribution >= 4 is 45.6 Å². The van der Waals surface area contributed by atoms with E-state index in [9.17, 15) is 4.79 Å². The molecule has 1 atom stereocenters. The predicted molar refractivity (Wildman–Crippen MR) is 148 cm³/mol. The lowest BCUT2D eigenvalue weighted by Crippen LogP contribution is -2.48. The molecule has 0 radical (unpaired) electrons. The smallest absolute Gasteiger partial charge is 0.247 e. The summed E-state index contributed by atoms with van der Waals surface area (Å²) >= 11 is 6.49. The van der Waals surface area contributed by atoms with Gasteiger partial charge in [-0.15, -0.1) is 0 Å². The zero-order valence-electron chi connectivity index (χ0n) is 20.9. The Hall–Kier alpha value is -4.21. The molecular weight excluding hydrogens is 504 g/mol. The van der Waals surface area contributed by atoms with Crippen LogP contribution in [-0.2, 0) is 11.4 Å². The number of hydrogen-bond donors (Lipinski definition) is 2. The molecule has 1 unspecified atom stereocenters. The molecule has 1 aliphatic rings. The van der Waals surface area contributed by atoms with Gasteiger partial charge in [0, 0.05) is 29.4 Å². The van der Waals surface area contributed by atoms with E-state index in [0.717, 1.165) is 18.7 Å². The topological polar surface area (TPSA) is 102 Å². The maximum absolute atomic E-state index is 12.1. The second kappa shape index (κ2) is 11.5. The molecule has 3 heterocycles. The van der Waals surface area contributed by atoms with Gasteiger partial charge in [0.25, 0.3) is 0 Å². The second-order valence-electron chi connectivity index (χ2n) is 8.90. The van der Waals surface area contributed by atoms with Gasteiger partial charge in [0.1, 0.15) is 36.9 Å². The van der Waals surface area contributed by atoms with Crippen molar-refractivity contribution in [3.63, 3.8) is 0 Å². The van der Waals surface area contributed by atoms with Crippen LogP contribution in [0.1, 0.15) is 12.1 Å². The molecule has 1 fully saturated rings. The number of likely N-dealkylation sites (N-methyl/N-ethyl adjacent to an activating group) is 1. The molecule has 38 heavy (non-hydrogen) atoms. The number of benzene rings is 2. The maximum atomic E-state index is 12.1. The van der Waals surface area contributed by atoms with Crippen LogP contribution in [0.3, 0.4) is 0 Å². The van der Waals surface area contributed by atoms with Crippen molar-refractivity contribution in [3.05, 3.63) is 84.4 Å². The Morgan fingerprint density at radius 3 is 2.76 bits per heavy atom. The van der Waals surface area contributed by atoms with Crippen LogP contribution in [0, 0.1) is 0 Å². The molecule has 9 nitrogen and oxygen atoms in total. The van der Waals surface area contributed by atoms with E-state index >= 15 is 0 Å². The van der Waals surface area contributed by atoms with E-state index in [1.165, 1.54) is 12.4 Å². The Balaban J connectivity index is 1.38. The quantitative estimate of drug-likeness (QED) is 0.269. The Morgan fingerprint density at radius 2 is 2.05 bits per heavy atom. The highest BCUT2D eigenvalue weighted by atomic mass is 35.5. The summed E-state index contributed by atoms with van der Waals surface area (Å²) in [5.41, 5.74) is 2.70. The molecule has 0 spiro atoms. The highest BCUT2D eigenvalue weighted by Crippen LogP contribution is 2.35. The minimum absolute atomic E-state index is 0.310. The molecule has 1 aliphatic heterocycles. The molecule has 2 aromatic carbocycles. The number of likely N-dealkylation sites (tertiary alicyclic amines) is 1.